The molecule has 1 aliphatic carbocycles. The number of Topliss-reactive ketones (excluding diaryl/α,β-unsaturated/α-hetero) is 1. The molecule has 1 fully saturated rings. The number of nitrogens with two attached hydrogens (primary N) is 1. The van der Waals surface area contributed by atoms with Gasteiger partial charge in [-0.15, -0.1) is 0 Å². The standard InChI is InChI=1S/C17H25NO/c1-2-7-14-8-6-9-15(12-14)16(19)13-17(18)10-4-3-5-11-17/h6,8-9,12H,2-5,7,10-11,13,18H2,1H3. The average molecular weight is 259 g/mol. The first-order chi connectivity index (χ1) is 9.13. The molecule has 0 saturated heterocycles. The third-order valence-electron chi connectivity index (χ3n) is 4.15. The molecule has 1 aliphatic rings. The van der Waals surface area contributed by atoms with Crippen molar-refractivity contribution in [3.8, 4) is 0 Å². The molecule has 0 bridgehead atoms. The van der Waals surface area contributed by atoms with Crippen LogP contribution in [-0.4, -0.2) is 11.3 Å². The molecule has 1 aromatic rings. The molecule has 0 unspecified atom stereocenters. The van der Waals surface area contributed by atoms with Gasteiger partial charge in [0.05, 0.1) is 0 Å². The molecule has 2 N–H and O–H groups in total. The molecule has 2 nitrogen and oxygen atoms in total. The summed E-state index contributed by atoms with van der Waals surface area (Å²) in [4.78, 5) is 12.4. The van der Waals surface area contributed by atoms with E-state index in [-0.39, 0.29) is 11.3 Å². The number of aryl methyl sites for hydroxylation is 1. The second kappa shape index (κ2) is 6.33. The minimum atomic E-state index is -0.254. The average Bonchev–Trinajstić information content (AvgIpc) is 2.40. The lowest BCUT2D eigenvalue weighted by Crippen LogP contribution is -2.43. The van der Waals surface area contributed by atoms with E-state index < -0.39 is 0 Å². The van der Waals surface area contributed by atoms with Crippen LogP contribution in [0.4, 0.5) is 0 Å². The SMILES string of the molecule is CCCc1cccc(C(=O)CC2(N)CCCCC2)c1. The summed E-state index contributed by atoms with van der Waals surface area (Å²) in [6.07, 6.45) is 8.23. The molecule has 0 atom stereocenters. The van der Waals surface area contributed by atoms with E-state index in [1.54, 1.807) is 0 Å². The van der Waals surface area contributed by atoms with Gasteiger partial charge in [-0.3, -0.25) is 4.79 Å². The molecule has 0 aromatic heterocycles. The number of hydrogen-bond donors (Lipinski definition) is 1. The van der Waals surface area contributed by atoms with Crippen molar-refractivity contribution in [2.75, 3.05) is 0 Å². The number of hydrogen-bond acceptors (Lipinski definition) is 2. The maximum atomic E-state index is 12.4. The van der Waals surface area contributed by atoms with Crippen molar-refractivity contribution in [2.24, 2.45) is 5.73 Å². The van der Waals surface area contributed by atoms with Gasteiger partial charge in [-0.25, -0.2) is 0 Å². The first-order valence-corrected chi connectivity index (χ1v) is 7.54. The summed E-state index contributed by atoms with van der Waals surface area (Å²) in [5.41, 5.74) is 8.21. The molecule has 0 heterocycles. The molecule has 104 valence electrons. The van der Waals surface area contributed by atoms with Gasteiger partial charge in [0.1, 0.15) is 0 Å². The molecule has 1 aromatic carbocycles. The smallest absolute Gasteiger partial charge is 0.164 e. The van der Waals surface area contributed by atoms with Crippen LogP contribution in [0.25, 0.3) is 0 Å². The summed E-state index contributed by atoms with van der Waals surface area (Å²) >= 11 is 0. The van der Waals surface area contributed by atoms with E-state index in [1.165, 1.54) is 24.8 Å². The molecule has 2 rings (SSSR count). The van der Waals surface area contributed by atoms with Gasteiger partial charge in [-0.05, 0) is 30.9 Å². The zero-order valence-corrected chi connectivity index (χ0v) is 12.0. The second-order valence-corrected chi connectivity index (χ2v) is 5.97. The van der Waals surface area contributed by atoms with Gasteiger partial charge in [0, 0.05) is 17.5 Å². The van der Waals surface area contributed by atoms with E-state index in [4.69, 9.17) is 5.73 Å². The Hall–Kier alpha value is -1.15. The van der Waals surface area contributed by atoms with Gasteiger partial charge in [-0.2, -0.15) is 0 Å². The van der Waals surface area contributed by atoms with Crippen LogP contribution in [0.5, 0.6) is 0 Å². The largest absolute Gasteiger partial charge is 0.325 e. The first-order valence-electron chi connectivity index (χ1n) is 7.54. The fraction of sp³-hybridized carbons (Fsp3) is 0.588. The Morgan fingerprint density at radius 3 is 2.68 bits per heavy atom. The van der Waals surface area contributed by atoms with E-state index in [0.717, 1.165) is 31.2 Å². The van der Waals surface area contributed by atoms with Crippen molar-refractivity contribution in [3.05, 3.63) is 35.4 Å². The minimum absolute atomic E-state index is 0.211. The van der Waals surface area contributed by atoms with Crippen LogP contribution in [0.3, 0.4) is 0 Å². The molecule has 19 heavy (non-hydrogen) atoms. The second-order valence-electron chi connectivity index (χ2n) is 5.97. The zero-order valence-electron chi connectivity index (χ0n) is 12.0. The minimum Gasteiger partial charge on any atom is -0.325 e. The van der Waals surface area contributed by atoms with E-state index in [0.29, 0.717) is 6.42 Å². The summed E-state index contributed by atoms with van der Waals surface area (Å²) in [6, 6.07) is 8.05. The highest BCUT2D eigenvalue weighted by molar-refractivity contribution is 5.97. The Labute approximate surface area is 116 Å². The Bertz CT molecular complexity index is 433. The lowest BCUT2D eigenvalue weighted by Gasteiger charge is -2.32. The maximum Gasteiger partial charge on any atom is 0.164 e. The van der Waals surface area contributed by atoms with E-state index in [1.807, 2.05) is 18.2 Å². The summed E-state index contributed by atoms with van der Waals surface area (Å²) in [7, 11) is 0. The van der Waals surface area contributed by atoms with Crippen LogP contribution >= 0.6 is 0 Å². The Morgan fingerprint density at radius 2 is 2.00 bits per heavy atom. The topological polar surface area (TPSA) is 43.1 Å². The van der Waals surface area contributed by atoms with Crippen LogP contribution in [0.1, 0.15) is 67.8 Å². The quantitative estimate of drug-likeness (QED) is 0.816. The molecular weight excluding hydrogens is 234 g/mol. The molecule has 0 radical (unpaired) electrons. The lowest BCUT2D eigenvalue weighted by molar-refractivity contribution is 0.0934. The van der Waals surface area contributed by atoms with Crippen LogP contribution in [-0.2, 0) is 6.42 Å². The van der Waals surface area contributed by atoms with Gasteiger partial charge in [0.15, 0.2) is 5.78 Å². The monoisotopic (exact) mass is 259 g/mol. The van der Waals surface area contributed by atoms with Crippen molar-refractivity contribution < 1.29 is 4.79 Å². The number of rotatable bonds is 5. The van der Waals surface area contributed by atoms with Crippen molar-refractivity contribution in [2.45, 2.75) is 63.8 Å². The van der Waals surface area contributed by atoms with Crippen LogP contribution in [0, 0.1) is 0 Å². The van der Waals surface area contributed by atoms with Crippen molar-refractivity contribution >= 4 is 5.78 Å². The van der Waals surface area contributed by atoms with E-state index in [9.17, 15) is 4.79 Å². The number of carbonyl (C=O) groups excluding carboxylic acids is 1. The van der Waals surface area contributed by atoms with Crippen LogP contribution < -0.4 is 5.73 Å². The van der Waals surface area contributed by atoms with Crippen molar-refractivity contribution in [1.29, 1.82) is 0 Å². The first kappa shape index (κ1) is 14.3. The molecule has 2 heteroatoms. The fourth-order valence-electron chi connectivity index (χ4n) is 3.04. The van der Waals surface area contributed by atoms with Crippen LogP contribution in [0.2, 0.25) is 0 Å². The third-order valence-corrected chi connectivity index (χ3v) is 4.15. The van der Waals surface area contributed by atoms with Crippen molar-refractivity contribution in [3.63, 3.8) is 0 Å². The van der Waals surface area contributed by atoms with E-state index >= 15 is 0 Å². The predicted octanol–water partition coefficient (Wildman–Crippen LogP) is 3.87. The molecule has 0 aliphatic heterocycles. The Kier molecular flexibility index (Phi) is 4.76. The third kappa shape index (κ3) is 3.90. The summed E-state index contributed by atoms with van der Waals surface area (Å²) in [5, 5.41) is 0. The van der Waals surface area contributed by atoms with Gasteiger partial charge in [-0.1, -0.05) is 50.8 Å². The number of benzene rings is 1. The normalized spacial score (nSPS) is 18.2. The Morgan fingerprint density at radius 1 is 1.26 bits per heavy atom. The lowest BCUT2D eigenvalue weighted by atomic mass is 9.78. The Balaban J connectivity index is 2.04. The summed E-state index contributed by atoms with van der Waals surface area (Å²) in [5.74, 6) is 0.211. The van der Waals surface area contributed by atoms with Gasteiger partial charge in [0.2, 0.25) is 0 Å². The molecule has 0 amide bonds. The molecular formula is C17H25NO. The molecule has 0 spiro atoms. The summed E-state index contributed by atoms with van der Waals surface area (Å²) in [6.45, 7) is 2.16. The highest BCUT2D eigenvalue weighted by Gasteiger charge is 2.30. The number of carbonyl (C=O) groups is 1. The number of ketones is 1. The van der Waals surface area contributed by atoms with Gasteiger partial charge < -0.3 is 5.73 Å². The van der Waals surface area contributed by atoms with Gasteiger partial charge >= 0.3 is 0 Å². The fourth-order valence-corrected chi connectivity index (χ4v) is 3.04. The molecule has 1 saturated carbocycles. The van der Waals surface area contributed by atoms with Gasteiger partial charge in [0.25, 0.3) is 0 Å². The highest BCUT2D eigenvalue weighted by atomic mass is 16.1. The summed E-state index contributed by atoms with van der Waals surface area (Å²) < 4.78 is 0. The zero-order chi connectivity index (χ0) is 13.7. The van der Waals surface area contributed by atoms with E-state index in [2.05, 4.69) is 13.0 Å². The maximum absolute atomic E-state index is 12.4. The predicted molar refractivity (Wildman–Crippen MR) is 79.4 cm³/mol. The van der Waals surface area contributed by atoms with Crippen molar-refractivity contribution in [1.82, 2.24) is 0 Å². The highest BCUT2D eigenvalue weighted by Crippen LogP contribution is 2.29. The van der Waals surface area contributed by atoms with Crippen LogP contribution in [0.15, 0.2) is 24.3 Å².